The smallest absolute Gasteiger partial charge is 0.302 e. The molecular formula is C10H11Cl2NO3. The van der Waals surface area contributed by atoms with Crippen LogP contribution in [0.4, 0.5) is 0 Å². The molecule has 0 aliphatic carbocycles. The summed E-state index contributed by atoms with van der Waals surface area (Å²) < 4.78 is 4.80. The highest BCUT2D eigenvalue weighted by Crippen LogP contribution is 2.29. The summed E-state index contributed by atoms with van der Waals surface area (Å²) in [6.07, 6.45) is 1.49. The van der Waals surface area contributed by atoms with Gasteiger partial charge in [-0.25, -0.2) is 0 Å². The Hall–Kier alpha value is -0.840. The number of carbonyl (C=O) groups excluding carboxylic acids is 1. The van der Waals surface area contributed by atoms with Crippen LogP contribution in [-0.2, 0) is 9.53 Å². The molecule has 0 amide bonds. The Labute approximate surface area is 103 Å². The first-order valence-corrected chi connectivity index (χ1v) is 5.36. The van der Waals surface area contributed by atoms with Crippen molar-refractivity contribution in [1.29, 1.82) is 0 Å². The lowest BCUT2D eigenvalue weighted by molar-refractivity contribution is -0.141. The van der Waals surface area contributed by atoms with E-state index in [-0.39, 0.29) is 18.2 Å². The van der Waals surface area contributed by atoms with Gasteiger partial charge in [0.05, 0.1) is 28.3 Å². The standard InChI is InChI=1S/C10H11Cl2NO3/c1-6(15)16-5-7(4-14)10-9(12)8(11)2-3-13-10/h2-3,7,14H,4-5H2,1H3/t7-/m1/s1. The molecule has 4 nitrogen and oxygen atoms in total. The van der Waals surface area contributed by atoms with Gasteiger partial charge in [0, 0.05) is 13.1 Å². The van der Waals surface area contributed by atoms with E-state index in [2.05, 4.69) is 4.98 Å². The molecule has 0 aliphatic rings. The van der Waals surface area contributed by atoms with Gasteiger partial charge in [-0.2, -0.15) is 0 Å². The van der Waals surface area contributed by atoms with Gasteiger partial charge in [0.25, 0.3) is 0 Å². The summed E-state index contributed by atoms with van der Waals surface area (Å²) in [5, 5.41) is 9.80. The average molecular weight is 264 g/mol. The normalized spacial score (nSPS) is 12.2. The lowest BCUT2D eigenvalue weighted by atomic mass is 10.1. The average Bonchev–Trinajstić information content (AvgIpc) is 2.24. The SMILES string of the molecule is CC(=O)OC[C@@H](CO)c1nccc(Cl)c1Cl. The molecule has 0 unspecified atom stereocenters. The Morgan fingerprint density at radius 2 is 2.31 bits per heavy atom. The van der Waals surface area contributed by atoms with Crippen molar-refractivity contribution in [2.24, 2.45) is 0 Å². The molecule has 1 atom stereocenters. The minimum atomic E-state index is -0.463. The van der Waals surface area contributed by atoms with Crippen molar-refractivity contribution in [3.05, 3.63) is 28.0 Å². The molecule has 1 heterocycles. The Morgan fingerprint density at radius 3 is 2.88 bits per heavy atom. The van der Waals surface area contributed by atoms with E-state index in [9.17, 15) is 9.90 Å². The molecule has 6 heteroatoms. The van der Waals surface area contributed by atoms with Crippen LogP contribution in [0, 0.1) is 0 Å². The van der Waals surface area contributed by atoms with Crippen LogP contribution in [0.25, 0.3) is 0 Å². The maximum absolute atomic E-state index is 10.7. The Morgan fingerprint density at radius 1 is 1.62 bits per heavy atom. The lowest BCUT2D eigenvalue weighted by Crippen LogP contribution is -2.16. The quantitative estimate of drug-likeness (QED) is 0.845. The van der Waals surface area contributed by atoms with Gasteiger partial charge in [0.15, 0.2) is 0 Å². The minimum Gasteiger partial charge on any atom is -0.465 e. The third kappa shape index (κ3) is 3.33. The molecule has 1 rings (SSSR count). The maximum atomic E-state index is 10.7. The zero-order valence-corrected chi connectivity index (χ0v) is 10.1. The molecule has 0 saturated carbocycles. The lowest BCUT2D eigenvalue weighted by Gasteiger charge is -2.14. The van der Waals surface area contributed by atoms with Crippen molar-refractivity contribution in [3.63, 3.8) is 0 Å². The van der Waals surface area contributed by atoms with E-state index in [4.69, 9.17) is 27.9 Å². The topological polar surface area (TPSA) is 59.4 Å². The zero-order chi connectivity index (χ0) is 12.1. The van der Waals surface area contributed by atoms with E-state index < -0.39 is 11.9 Å². The monoisotopic (exact) mass is 263 g/mol. The molecular weight excluding hydrogens is 253 g/mol. The summed E-state index contributed by atoms with van der Waals surface area (Å²) in [6, 6.07) is 1.55. The molecule has 0 saturated heterocycles. The number of ether oxygens (including phenoxy) is 1. The Balaban J connectivity index is 2.86. The minimum absolute atomic E-state index is 0.0267. The predicted octanol–water partition coefficient (Wildman–Crippen LogP) is 2.03. The summed E-state index contributed by atoms with van der Waals surface area (Å²) in [6.45, 7) is 1.10. The Kier molecular flexibility index (Phi) is 4.99. The van der Waals surface area contributed by atoms with Crippen molar-refractivity contribution < 1.29 is 14.6 Å². The fourth-order valence-electron chi connectivity index (χ4n) is 1.16. The molecule has 16 heavy (non-hydrogen) atoms. The highest BCUT2D eigenvalue weighted by atomic mass is 35.5. The number of halogens is 2. The first-order valence-electron chi connectivity index (χ1n) is 4.60. The molecule has 0 aliphatic heterocycles. The van der Waals surface area contributed by atoms with Gasteiger partial charge >= 0.3 is 5.97 Å². The molecule has 0 bridgehead atoms. The van der Waals surface area contributed by atoms with E-state index in [1.807, 2.05) is 0 Å². The van der Waals surface area contributed by atoms with Gasteiger partial charge in [0.2, 0.25) is 0 Å². The zero-order valence-electron chi connectivity index (χ0n) is 8.61. The summed E-state index contributed by atoms with van der Waals surface area (Å²) in [4.78, 5) is 14.7. The number of carbonyl (C=O) groups is 1. The fourth-order valence-corrected chi connectivity index (χ4v) is 1.58. The van der Waals surface area contributed by atoms with Gasteiger partial charge < -0.3 is 9.84 Å². The van der Waals surface area contributed by atoms with Crippen molar-refractivity contribution in [1.82, 2.24) is 4.98 Å². The number of hydrogen-bond acceptors (Lipinski definition) is 4. The van der Waals surface area contributed by atoms with Crippen LogP contribution in [-0.4, -0.2) is 29.3 Å². The number of esters is 1. The van der Waals surface area contributed by atoms with Crippen LogP contribution in [0.3, 0.4) is 0 Å². The number of aliphatic hydroxyl groups excluding tert-OH is 1. The van der Waals surface area contributed by atoms with Crippen LogP contribution in [0.1, 0.15) is 18.5 Å². The number of hydrogen-bond donors (Lipinski definition) is 1. The molecule has 88 valence electrons. The molecule has 0 radical (unpaired) electrons. The second kappa shape index (κ2) is 6.03. The summed E-state index contributed by atoms with van der Waals surface area (Å²) in [7, 11) is 0. The molecule has 0 aromatic carbocycles. The maximum Gasteiger partial charge on any atom is 0.302 e. The van der Waals surface area contributed by atoms with Crippen LogP contribution >= 0.6 is 23.2 Å². The summed E-state index contributed by atoms with van der Waals surface area (Å²) in [5.74, 6) is -0.883. The molecule has 1 aromatic rings. The third-order valence-electron chi connectivity index (χ3n) is 1.96. The van der Waals surface area contributed by atoms with Crippen molar-refractivity contribution in [2.45, 2.75) is 12.8 Å². The van der Waals surface area contributed by atoms with Gasteiger partial charge in [-0.15, -0.1) is 0 Å². The fraction of sp³-hybridized carbons (Fsp3) is 0.400. The van der Waals surface area contributed by atoms with E-state index in [1.54, 1.807) is 6.07 Å². The van der Waals surface area contributed by atoms with Crippen LogP contribution < -0.4 is 0 Å². The largest absolute Gasteiger partial charge is 0.465 e. The van der Waals surface area contributed by atoms with Crippen molar-refractivity contribution in [3.8, 4) is 0 Å². The van der Waals surface area contributed by atoms with Crippen LogP contribution in [0.15, 0.2) is 12.3 Å². The van der Waals surface area contributed by atoms with Gasteiger partial charge in [-0.05, 0) is 6.07 Å². The third-order valence-corrected chi connectivity index (χ3v) is 2.77. The van der Waals surface area contributed by atoms with Crippen LogP contribution in [0.5, 0.6) is 0 Å². The highest BCUT2D eigenvalue weighted by molar-refractivity contribution is 6.42. The summed E-state index contributed by atoms with van der Waals surface area (Å²) in [5.41, 5.74) is 0.429. The molecule has 0 fully saturated rings. The second-order valence-corrected chi connectivity index (χ2v) is 3.96. The van der Waals surface area contributed by atoms with Crippen molar-refractivity contribution in [2.75, 3.05) is 13.2 Å². The molecule has 0 spiro atoms. The number of pyridine rings is 1. The first kappa shape index (κ1) is 13.2. The molecule has 1 aromatic heterocycles. The Bertz CT molecular complexity index is 384. The van der Waals surface area contributed by atoms with E-state index in [0.717, 1.165) is 0 Å². The van der Waals surface area contributed by atoms with E-state index >= 15 is 0 Å². The van der Waals surface area contributed by atoms with Crippen molar-refractivity contribution >= 4 is 29.2 Å². The second-order valence-electron chi connectivity index (χ2n) is 3.17. The van der Waals surface area contributed by atoms with E-state index in [1.165, 1.54) is 13.1 Å². The number of aromatic nitrogens is 1. The van der Waals surface area contributed by atoms with Gasteiger partial charge in [-0.1, -0.05) is 23.2 Å². The van der Waals surface area contributed by atoms with E-state index in [0.29, 0.717) is 10.7 Å². The number of nitrogens with zero attached hydrogens (tertiary/aromatic N) is 1. The highest BCUT2D eigenvalue weighted by Gasteiger charge is 2.18. The number of aliphatic hydroxyl groups is 1. The molecule has 1 N–H and O–H groups in total. The predicted molar refractivity (Wildman–Crippen MR) is 60.7 cm³/mol. The first-order chi connectivity index (χ1) is 7.56. The van der Waals surface area contributed by atoms with Gasteiger partial charge in [0.1, 0.15) is 6.61 Å². The summed E-state index contributed by atoms with van der Waals surface area (Å²) >= 11 is 11.8. The van der Waals surface area contributed by atoms with Gasteiger partial charge in [-0.3, -0.25) is 9.78 Å². The number of rotatable bonds is 4. The van der Waals surface area contributed by atoms with Crippen LogP contribution in [0.2, 0.25) is 10.0 Å².